The Labute approximate surface area is 125 Å². The van der Waals surface area contributed by atoms with Crippen LogP contribution in [-0.2, 0) is 4.79 Å². The van der Waals surface area contributed by atoms with E-state index in [2.05, 4.69) is 11.8 Å². The van der Waals surface area contributed by atoms with Crippen molar-refractivity contribution in [3.05, 3.63) is 23.8 Å². The number of ether oxygens (including phenoxy) is 2. The van der Waals surface area contributed by atoms with Crippen molar-refractivity contribution < 1.29 is 19.4 Å². The molecule has 1 atom stereocenters. The molecule has 2 rings (SSSR count). The van der Waals surface area contributed by atoms with Gasteiger partial charge in [-0.25, -0.2) is 0 Å². The highest BCUT2D eigenvalue weighted by Crippen LogP contribution is 2.33. The number of carboxylic acid groups (broad SMARTS) is 1. The third-order valence-electron chi connectivity index (χ3n) is 3.82. The fraction of sp³-hybridized carbons (Fsp3) is 0.562. The first kappa shape index (κ1) is 15.6. The number of carboxylic acids is 1. The second-order valence-electron chi connectivity index (χ2n) is 5.41. The average molecular weight is 293 g/mol. The fourth-order valence-electron chi connectivity index (χ4n) is 2.37. The van der Waals surface area contributed by atoms with Gasteiger partial charge in [-0.05, 0) is 44.6 Å². The third-order valence-corrected chi connectivity index (χ3v) is 3.82. The number of fused-ring (bicyclic) bond motifs is 1. The predicted molar refractivity (Wildman–Crippen MR) is 80.0 cm³/mol. The highest BCUT2D eigenvalue weighted by atomic mass is 16.5. The van der Waals surface area contributed by atoms with Crippen LogP contribution >= 0.6 is 0 Å². The minimum absolute atomic E-state index is 0.205. The lowest BCUT2D eigenvalue weighted by Crippen LogP contribution is -2.24. The van der Waals surface area contributed by atoms with Gasteiger partial charge in [0.2, 0.25) is 0 Å². The normalized spacial score (nSPS) is 15.6. The second-order valence-corrected chi connectivity index (χ2v) is 5.41. The first-order chi connectivity index (χ1) is 10.1. The summed E-state index contributed by atoms with van der Waals surface area (Å²) in [5, 5.41) is 8.69. The molecular weight excluding hydrogens is 270 g/mol. The third kappa shape index (κ3) is 4.36. The molecule has 0 fully saturated rings. The zero-order valence-corrected chi connectivity index (χ0v) is 12.7. The van der Waals surface area contributed by atoms with E-state index in [1.165, 1.54) is 0 Å². The Morgan fingerprint density at radius 1 is 1.33 bits per heavy atom. The molecule has 21 heavy (non-hydrogen) atoms. The van der Waals surface area contributed by atoms with Crippen molar-refractivity contribution in [2.45, 2.75) is 32.2 Å². The Kier molecular flexibility index (Phi) is 5.44. The van der Waals surface area contributed by atoms with Gasteiger partial charge in [-0.2, -0.15) is 0 Å². The molecule has 0 saturated heterocycles. The average Bonchev–Trinajstić information content (AvgIpc) is 2.70. The van der Waals surface area contributed by atoms with Gasteiger partial charge in [-0.3, -0.25) is 9.69 Å². The molecule has 0 radical (unpaired) electrons. The van der Waals surface area contributed by atoms with Crippen LogP contribution in [0.2, 0.25) is 0 Å². The van der Waals surface area contributed by atoms with Gasteiger partial charge < -0.3 is 14.6 Å². The monoisotopic (exact) mass is 293 g/mol. The lowest BCUT2D eigenvalue weighted by molar-refractivity contribution is -0.137. The topological polar surface area (TPSA) is 59.0 Å². The van der Waals surface area contributed by atoms with E-state index < -0.39 is 5.97 Å². The summed E-state index contributed by atoms with van der Waals surface area (Å²) < 4.78 is 11.3. The fourth-order valence-corrected chi connectivity index (χ4v) is 2.37. The van der Waals surface area contributed by atoms with Gasteiger partial charge in [0.15, 0.2) is 11.5 Å². The Hall–Kier alpha value is -1.75. The number of hydrogen-bond acceptors (Lipinski definition) is 4. The van der Waals surface area contributed by atoms with Gasteiger partial charge in [0.1, 0.15) is 0 Å². The molecule has 0 aliphatic carbocycles. The van der Waals surface area contributed by atoms with Gasteiger partial charge in [-0.15, -0.1) is 0 Å². The van der Waals surface area contributed by atoms with Gasteiger partial charge in [0.05, 0.1) is 13.2 Å². The van der Waals surface area contributed by atoms with Crippen molar-refractivity contribution in [1.29, 1.82) is 0 Å². The molecule has 1 aromatic carbocycles. The van der Waals surface area contributed by atoms with Crippen LogP contribution in [0.25, 0.3) is 0 Å². The number of nitrogens with zero attached hydrogens (tertiary/aromatic N) is 1. The molecule has 5 heteroatoms. The van der Waals surface area contributed by atoms with E-state index in [1.807, 2.05) is 25.2 Å². The van der Waals surface area contributed by atoms with Gasteiger partial charge in [0.25, 0.3) is 0 Å². The number of benzene rings is 1. The number of carbonyl (C=O) groups is 1. The number of aliphatic carboxylic acids is 1. The van der Waals surface area contributed by atoms with Crippen LogP contribution in [0, 0.1) is 0 Å². The summed E-state index contributed by atoms with van der Waals surface area (Å²) in [5.41, 5.74) is 1.15. The second kappa shape index (κ2) is 7.31. The van der Waals surface area contributed by atoms with Crippen LogP contribution < -0.4 is 9.47 Å². The molecule has 116 valence electrons. The molecule has 1 aliphatic rings. The largest absolute Gasteiger partial charge is 0.490 e. The molecule has 5 nitrogen and oxygen atoms in total. The molecule has 1 aliphatic heterocycles. The van der Waals surface area contributed by atoms with Crippen molar-refractivity contribution in [3.63, 3.8) is 0 Å². The lowest BCUT2D eigenvalue weighted by atomic mass is 10.1. The van der Waals surface area contributed by atoms with E-state index in [0.717, 1.165) is 30.0 Å². The van der Waals surface area contributed by atoms with Gasteiger partial charge in [0, 0.05) is 18.9 Å². The summed E-state index contributed by atoms with van der Waals surface area (Å²) in [6, 6.07) is 6.23. The summed E-state index contributed by atoms with van der Waals surface area (Å²) in [7, 11) is 2.01. The molecule has 0 aromatic heterocycles. The summed E-state index contributed by atoms with van der Waals surface area (Å²) in [6.45, 7) is 4.23. The first-order valence-corrected chi connectivity index (χ1v) is 7.39. The molecule has 0 bridgehead atoms. The maximum atomic E-state index is 10.6. The van der Waals surface area contributed by atoms with E-state index in [9.17, 15) is 4.79 Å². The van der Waals surface area contributed by atoms with Crippen LogP contribution in [0.1, 0.15) is 37.8 Å². The van der Waals surface area contributed by atoms with Crippen molar-refractivity contribution in [2.75, 3.05) is 26.8 Å². The van der Waals surface area contributed by atoms with Gasteiger partial charge in [-0.1, -0.05) is 6.07 Å². The van der Waals surface area contributed by atoms with Crippen LogP contribution in [0.3, 0.4) is 0 Å². The van der Waals surface area contributed by atoms with E-state index in [-0.39, 0.29) is 12.5 Å². The Balaban J connectivity index is 2.00. The highest BCUT2D eigenvalue weighted by molar-refractivity contribution is 5.66. The molecule has 1 unspecified atom stereocenters. The Morgan fingerprint density at radius 2 is 2.05 bits per heavy atom. The predicted octanol–water partition coefficient (Wildman–Crippen LogP) is 2.71. The maximum absolute atomic E-state index is 10.6. The zero-order valence-electron chi connectivity index (χ0n) is 12.7. The van der Waals surface area contributed by atoms with E-state index in [4.69, 9.17) is 14.6 Å². The molecule has 0 amide bonds. The molecule has 1 aromatic rings. The Bertz CT molecular complexity index is 489. The summed E-state index contributed by atoms with van der Waals surface area (Å²) in [5.74, 6) is 0.861. The van der Waals surface area contributed by atoms with E-state index >= 15 is 0 Å². The van der Waals surface area contributed by atoms with Crippen LogP contribution in [-0.4, -0.2) is 42.8 Å². The molecule has 0 saturated carbocycles. The minimum Gasteiger partial charge on any atom is -0.490 e. The van der Waals surface area contributed by atoms with E-state index in [1.54, 1.807) is 0 Å². The highest BCUT2D eigenvalue weighted by Gasteiger charge is 2.16. The number of hydrogen-bond donors (Lipinski definition) is 1. The molecular formula is C16H23NO4. The molecule has 1 N–H and O–H groups in total. The minimum atomic E-state index is -0.744. The van der Waals surface area contributed by atoms with E-state index in [0.29, 0.717) is 19.6 Å². The Morgan fingerprint density at radius 3 is 2.76 bits per heavy atom. The summed E-state index contributed by atoms with van der Waals surface area (Å²) in [4.78, 5) is 12.7. The lowest BCUT2D eigenvalue weighted by Gasteiger charge is -2.25. The standard InChI is InChI=1S/C16H23NO4/c1-12(17(2)8-3-5-16(18)19)13-6-7-14-15(11-13)21-10-4-9-20-14/h6-7,11-12H,3-5,8-10H2,1-2H3,(H,18,19). The van der Waals surface area contributed by atoms with Crippen LogP contribution in [0.15, 0.2) is 18.2 Å². The van der Waals surface area contributed by atoms with Crippen LogP contribution in [0.5, 0.6) is 11.5 Å². The van der Waals surface area contributed by atoms with Crippen molar-refractivity contribution in [3.8, 4) is 11.5 Å². The summed E-state index contributed by atoms with van der Waals surface area (Å²) in [6.07, 6.45) is 1.76. The zero-order chi connectivity index (χ0) is 15.2. The SMILES string of the molecule is CC(c1ccc2c(c1)OCCCO2)N(C)CCCC(=O)O. The smallest absolute Gasteiger partial charge is 0.303 e. The van der Waals surface area contributed by atoms with Gasteiger partial charge >= 0.3 is 5.97 Å². The molecule has 1 heterocycles. The summed E-state index contributed by atoms with van der Waals surface area (Å²) >= 11 is 0. The van der Waals surface area contributed by atoms with Crippen molar-refractivity contribution in [1.82, 2.24) is 4.90 Å². The van der Waals surface area contributed by atoms with Crippen molar-refractivity contribution in [2.24, 2.45) is 0 Å². The number of rotatable bonds is 6. The quantitative estimate of drug-likeness (QED) is 0.874. The van der Waals surface area contributed by atoms with Crippen LogP contribution in [0.4, 0.5) is 0 Å². The first-order valence-electron chi connectivity index (χ1n) is 7.39. The maximum Gasteiger partial charge on any atom is 0.303 e. The molecule has 0 spiro atoms. The van der Waals surface area contributed by atoms with Crippen molar-refractivity contribution >= 4 is 5.97 Å².